The first kappa shape index (κ1) is 14.8. The summed E-state index contributed by atoms with van der Waals surface area (Å²) < 4.78 is 11.0. The highest BCUT2D eigenvalue weighted by Crippen LogP contribution is 2.31. The molecule has 0 saturated heterocycles. The van der Waals surface area contributed by atoms with Crippen molar-refractivity contribution >= 4 is 17.2 Å². The number of thiazole rings is 1. The van der Waals surface area contributed by atoms with Crippen LogP contribution in [0, 0.1) is 13.8 Å². The highest BCUT2D eigenvalue weighted by molar-refractivity contribution is 7.11. The molecule has 1 aliphatic heterocycles. The van der Waals surface area contributed by atoms with Gasteiger partial charge in [0.2, 0.25) is 0 Å². The van der Waals surface area contributed by atoms with Crippen LogP contribution in [0.2, 0.25) is 0 Å². The van der Waals surface area contributed by atoms with Gasteiger partial charge in [-0.15, -0.1) is 11.3 Å². The fourth-order valence-electron chi connectivity index (χ4n) is 2.48. The molecule has 6 heteroatoms. The third-order valence-electron chi connectivity index (χ3n) is 3.48. The van der Waals surface area contributed by atoms with Crippen LogP contribution in [0.5, 0.6) is 11.5 Å². The van der Waals surface area contributed by atoms with Crippen LogP contribution in [0.1, 0.15) is 38.9 Å². The number of nitrogens with zero attached hydrogens (tertiary/aromatic N) is 1. The zero-order valence-corrected chi connectivity index (χ0v) is 13.6. The van der Waals surface area contributed by atoms with E-state index in [4.69, 9.17) is 9.47 Å². The van der Waals surface area contributed by atoms with E-state index in [2.05, 4.69) is 10.3 Å². The average Bonchev–Trinajstić information content (AvgIpc) is 2.85. The van der Waals surface area contributed by atoms with Crippen molar-refractivity contribution in [2.75, 3.05) is 13.2 Å². The molecular formula is C16H18N2O3S. The van der Waals surface area contributed by atoms with Crippen molar-refractivity contribution in [3.8, 4) is 11.5 Å². The minimum atomic E-state index is -0.130. The van der Waals surface area contributed by atoms with Crippen LogP contribution in [0.3, 0.4) is 0 Å². The number of fused-ring (bicyclic) bond motifs is 1. The summed E-state index contributed by atoms with van der Waals surface area (Å²) in [6.45, 7) is 6.95. The van der Waals surface area contributed by atoms with Crippen LogP contribution in [0.15, 0.2) is 18.2 Å². The second-order valence-electron chi connectivity index (χ2n) is 5.24. The number of rotatable bonds is 3. The number of benzene rings is 1. The lowest BCUT2D eigenvalue weighted by atomic mass is 10.1. The van der Waals surface area contributed by atoms with Gasteiger partial charge >= 0.3 is 0 Å². The highest BCUT2D eigenvalue weighted by Gasteiger charge is 2.18. The number of hydrogen-bond donors (Lipinski definition) is 1. The average molecular weight is 318 g/mol. The summed E-state index contributed by atoms with van der Waals surface area (Å²) in [5, 5.41) is 4.02. The maximum absolute atomic E-state index is 12.4. The van der Waals surface area contributed by atoms with Gasteiger partial charge in [-0.3, -0.25) is 4.79 Å². The van der Waals surface area contributed by atoms with Gasteiger partial charge in [0.25, 0.3) is 5.91 Å². The third-order valence-corrected chi connectivity index (χ3v) is 4.74. The van der Waals surface area contributed by atoms with Gasteiger partial charge in [-0.05, 0) is 39.0 Å². The topological polar surface area (TPSA) is 60.5 Å². The second kappa shape index (κ2) is 5.96. The number of ether oxygens (including phenoxy) is 2. The summed E-state index contributed by atoms with van der Waals surface area (Å²) in [6, 6.07) is 5.17. The number of nitrogens with one attached hydrogen (secondary N) is 1. The molecule has 0 radical (unpaired) electrons. The monoisotopic (exact) mass is 318 g/mol. The molecule has 5 nitrogen and oxygen atoms in total. The summed E-state index contributed by atoms with van der Waals surface area (Å²) in [5.41, 5.74) is 1.53. The fourth-order valence-corrected chi connectivity index (χ4v) is 3.41. The van der Waals surface area contributed by atoms with Gasteiger partial charge in [-0.1, -0.05) is 0 Å². The van der Waals surface area contributed by atoms with E-state index in [1.165, 1.54) is 0 Å². The van der Waals surface area contributed by atoms with Crippen LogP contribution < -0.4 is 14.8 Å². The first-order valence-electron chi connectivity index (χ1n) is 7.19. The zero-order valence-electron chi connectivity index (χ0n) is 12.8. The van der Waals surface area contributed by atoms with Gasteiger partial charge in [0.15, 0.2) is 11.5 Å². The summed E-state index contributed by atoms with van der Waals surface area (Å²) in [7, 11) is 0. The largest absolute Gasteiger partial charge is 0.486 e. The van der Waals surface area contributed by atoms with Gasteiger partial charge in [0.05, 0.1) is 16.7 Å². The number of aromatic nitrogens is 1. The fraction of sp³-hybridized carbons (Fsp3) is 0.375. The third kappa shape index (κ3) is 2.92. The van der Waals surface area contributed by atoms with Crippen molar-refractivity contribution in [3.63, 3.8) is 0 Å². The standard InChI is InChI=1S/C16H18N2O3S/c1-9-15(22-11(3)17-9)10(2)18-16(19)12-4-5-13-14(8-12)21-7-6-20-13/h4-5,8,10H,6-7H2,1-3H3,(H,18,19). The van der Waals surface area contributed by atoms with Crippen LogP contribution in [0.4, 0.5) is 0 Å². The summed E-state index contributed by atoms with van der Waals surface area (Å²) in [4.78, 5) is 17.9. The molecule has 1 N–H and O–H groups in total. The van der Waals surface area contributed by atoms with E-state index in [1.807, 2.05) is 20.8 Å². The first-order valence-corrected chi connectivity index (χ1v) is 8.00. The summed E-state index contributed by atoms with van der Waals surface area (Å²) in [5.74, 6) is 1.18. The minimum Gasteiger partial charge on any atom is -0.486 e. The van der Waals surface area contributed by atoms with Gasteiger partial charge in [-0.25, -0.2) is 4.98 Å². The number of hydrogen-bond acceptors (Lipinski definition) is 5. The zero-order chi connectivity index (χ0) is 15.7. The van der Waals surface area contributed by atoms with E-state index >= 15 is 0 Å². The molecule has 0 saturated carbocycles. The molecule has 1 amide bonds. The Kier molecular flexibility index (Phi) is 4.02. The van der Waals surface area contributed by atoms with E-state index in [-0.39, 0.29) is 11.9 Å². The Morgan fingerprint density at radius 1 is 1.27 bits per heavy atom. The second-order valence-corrected chi connectivity index (χ2v) is 6.47. The SMILES string of the molecule is Cc1nc(C)c(C(C)NC(=O)c2ccc3c(c2)OCCO3)s1. The molecule has 1 aromatic carbocycles. The molecule has 1 atom stereocenters. The van der Waals surface area contributed by atoms with Crippen molar-refractivity contribution in [2.24, 2.45) is 0 Å². The molecule has 0 aliphatic carbocycles. The highest BCUT2D eigenvalue weighted by atomic mass is 32.1. The molecule has 22 heavy (non-hydrogen) atoms. The van der Waals surface area contributed by atoms with Crippen LogP contribution in [-0.2, 0) is 0 Å². The Bertz CT molecular complexity index is 711. The van der Waals surface area contributed by atoms with E-state index in [0.29, 0.717) is 30.3 Å². The van der Waals surface area contributed by atoms with Gasteiger partial charge in [-0.2, -0.15) is 0 Å². The smallest absolute Gasteiger partial charge is 0.251 e. The van der Waals surface area contributed by atoms with Crippen molar-refractivity contribution < 1.29 is 14.3 Å². The minimum absolute atomic E-state index is 0.0769. The maximum atomic E-state index is 12.4. The Labute approximate surface area is 133 Å². The lowest BCUT2D eigenvalue weighted by Gasteiger charge is -2.19. The molecule has 0 spiro atoms. The molecule has 1 aromatic heterocycles. The normalized spacial score (nSPS) is 14.5. The van der Waals surface area contributed by atoms with Crippen molar-refractivity contribution in [2.45, 2.75) is 26.8 Å². The van der Waals surface area contributed by atoms with Crippen LogP contribution in [-0.4, -0.2) is 24.1 Å². The maximum Gasteiger partial charge on any atom is 0.251 e. The molecule has 1 unspecified atom stereocenters. The molecule has 1 aliphatic rings. The van der Waals surface area contributed by atoms with Crippen LogP contribution in [0.25, 0.3) is 0 Å². The Hall–Kier alpha value is -2.08. The van der Waals surface area contributed by atoms with E-state index in [1.54, 1.807) is 29.5 Å². The molecular weight excluding hydrogens is 300 g/mol. The Morgan fingerprint density at radius 3 is 2.68 bits per heavy atom. The van der Waals surface area contributed by atoms with Gasteiger partial charge < -0.3 is 14.8 Å². The van der Waals surface area contributed by atoms with E-state index in [9.17, 15) is 4.79 Å². The molecule has 0 bridgehead atoms. The van der Waals surface area contributed by atoms with E-state index < -0.39 is 0 Å². The number of aryl methyl sites for hydroxylation is 2. The number of carbonyl (C=O) groups is 1. The quantitative estimate of drug-likeness (QED) is 0.945. The molecule has 2 aromatic rings. The number of carbonyl (C=O) groups excluding carboxylic acids is 1. The molecule has 2 heterocycles. The first-order chi connectivity index (χ1) is 10.5. The molecule has 0 fully saturated rings. The van der Waals surface area contributed by atoms with Gasteiger partial charge in [0.1, 0.15) is 13.2 Å². The van der Waals surface area contributed by atoms with Crippen molar-refractivity contribution in [3.05, 3.63) is 39.3 Å². The summed E-state index contributed by atoms with van der Waals surface area (Å²) >= 11 is 1.61. The molecule has 3 rings (SSSR count). The van der Waals surface area contributed by atoms with Gasteiger partial charge in [0, 0.05) is 10.4 Å². The Balaban J connectivity index is 1.75. The molecule has 116 valence electrons. The van der Waals surface area contributed by atoms with Crippen molar-refractivity contribution in [1.29, 1.82) is 0 Å². The summed E-state index contributed by atoms with van der Waals surface area (Å²) in [6.07, 6.45) is 0. The predicted octanol–water partition coefficient (Wildman–Crippen LogP) is 3.02. The Morgan fingerprint density at radius 2 is 2.00 bits per heavy atom. The van der Waals surface area contributed by atoms with E-state index in [0.717, 1.165) is 15.6 Å². The van der Waals surface area contributed by atoms with Crippen LogP contribution >= 0.6 is 11.3 Å². The lowest BCUT2D eigenvalue weighted by Crippen LogP contribution is -2.26. The van der Waals surface area contributed by atoms with Crippen molar-refractivity contribution in [1.82, 2.24) is 10.3 Å². The lowest BCUT2D eigenvalue weighted by molar-refractivity contribution is 0.0939. The number of amides is 1. The predicted molar refractivity (Wildman–Crippen MR) is 84.9 cm³/mol.